The molecule has 0 radical (unpaired) electrons. The number of nitrogens with one attached hydrogen (secondary N) is 1. The Morgan fingerprint density at radius 3 is 2.30 bits per heavy atom. The summed E-state index contributed by atoms with van der Waals surface area (Å²) >= 11 is 13.4. The van der Waals surface area contributed by atoms with Gasteiger partial charge in [0, 0.05) is 17.7 Å². The largest absolute Gasteiger partial charge is 0.310 e. The van der Waals surface area contributed by atoms with Crippen LogP contribution in [0.4, 0.5) is 8.78 Å². The minimum absolute atomic E-state index is 0.127. The van der Waals surface area contributed by atoms with Crippen molar-refractivity contribution in [1.29, 1.82) is 0 Å². The molecule has 20 heavy (non-hydrogen) atoms. The fraction of sp³-hybridized carbons (Fsp3) is 0.286. The van der Waals surface area contributed by atoms with Gasteiger partial charge in [0.15, 0.2) is 0 Å². The number of hydrogen-bond acceptors (Lipinski definition) is 2. The Balaban J connectivity index is 2.27. The lowest BCUT2D eigenvalue weighted by Crippen LogP contribution is -2.22. The van der Waals surface area contributed by atoms with Crippen LogP contribution in [0.25, 0.3) is 0 Å². The van der Waals surface area contributed by atoms with Crippen molar-refractivity contribution in [3.05, 3.63) is 55.7 Å². The average Bonchev–Trinajstić information content (AvgIpc) is 2.66. The van der Waals surface area contributed by atoms with Gasteiger partial charge >= 0.3 is 0 Å². The van der Waals surface area contributed by atoms with Crippen LogP contribution in [0.1, 0.15) is 24.1 Å². The van der Waals surface area contributed by atoms with E-state index in [1.807, 2.05) is 6.92 Å². The minimum atomic E-state index is -0.579. The van der Waals surface area contributed by atoms with Crippen molar-refractivity contribution in [2.45, 2.75) is 19.4 Å². The maximum atomic E-state index is 13.2. The fourth-order valence-corrected chi connectivity index (χ4v) is 3.67. The molecule has 108 valence electrons. The van der Waals surface area contributed by atoms with Crippen LogP contribution in [0.2, 0.25) is 8.67 Å². The highest BCUT2D eigenvalue weighted by Crippen LogP contribution is 2.36. The molecule has 1 aromatic carbocycles. The van der Waals surface area contributed by atoms with Crippen molar-refractivity contribution < 1.29 is 8.78 Å². The van der Waals surface area contributed by atoms with Crippen LogP contribution in [-0.4, -0.2) is 6.54 Å². The van der Waals surface area contributed by atoms with Gasteiger partial charge in [-0.2, -0.15) is 0 Å². The molecule has 0 fully saturated rings. The Bertz CT molecular complexity index is 581. The molecule has 6 heteroatoms. The van der Waals surface area contributed by atoms with Gasteiger partial charge in [-0.05, 0) is 36.7 Å². The number of halogens is 4. The Morgan fingerprint density at radius 2 is 1.80 bits per heavy atom. The zero-order chi connectivity index (χ0) is 14.7. The van der Waals surface area contributed by atoms with Gasteiger partial charge in [-0.15, -0.1) is 11.3 Å². The Labute approximate surface area is 130 Å². The molecule has 0 saturated carbocycles. The van der Waals surface area contributed by atoms with Crippen LogP contribution in [-0.2, 0) is 6.42 Å². The highest BCUT2D eigenvalue weighted by atomic mass is 35.5. The van der Waals surface area contributed by atoms with Gasteiger partial charge < -0.3 is 5.32 Å². The summed E-state index contributed by atoms with van der Waals surface area (Å²) in [5.41, 5.74) is 1.43. The molecule has 1 aromatic heterocycles. The normalized spacial score (nSPS) is 12.7. The van der Waals surface area contributed by atoms with Gasteiger partial charge in [-0.1, -0.05) is 30.1 Å². The van der Waals surface area contributed by atoms with Gasteiger partial charge in [0.1, 0.15) is 11.6 Å². The van der Waals surface area contributed by atoms with E-state index in [1.54, 1.807) is 6.07 Å². The summed E-state index contributed by atoms with van der Waals surface area (Å²) < 4.78 is 27.7. The Hall–Kier alpha value is -0.680. The van der Waals surface area contributed by atoms with Crippen LogP contribution in [0.3, 0.4) is 0 Å². The summed E-state index contributed by atoms with van der Waals surface area (Å²) in [5.74, 6) is -1.16. The van der Waals surface area contributed by atoms with E-state index in [2.05, 4.69) is 5.32 Å². The Morgan fingerprint density at radius 1 is 1.15 bits per heavy atom. The Kier molecular flexibility index (Phi) is 5.38. The van der Waals surface area contributed by atoms with Crippen LogP contribution in [0.15, 0.2) is 24.3 Å². The molecule has 0 spiro atoms. The molecule has 0 aliphatic heterocycles. The van der Waals surface area contributed by atoms with Gasteiger partial charge in [0.05, 0.1) is 8.67 Å². The maximum absolute atomic E-state index is 13.2. The first-order valence-corrected chi connectivity index (χ1v) is 7.70. The lowest BCUT2D eigenvalue weighted by Gasteiger charge is -2.17. The molecule has 0 aliphatic carbocycles. The molecule has 1 atom stereocenters. The third-order valence-corrected chi connectivity index (χ3v) is 4.39. The zero-order valence-corrected chi connectivity index (χ0v) is 13.0. The summed E-state index contributed by atoms with van der Waals surface area (Å²) in [5, 5.41) is 3.26. The molecule has 0 aliphatic rings. The topological polar surface area (TPSA) is 12.0 Å². The van der Waals surface area contributed by atoms with E-state index < -0.39 is 11.6 Å². The minimum Gasteiger partial charge on any atom is -0.310 e. The first kappa shape index (κ1) is 15.7. The predicted molar refractivity (Wildman–Crippen MR) is 80.8 cm³/mol. The van der Waals surface area contributed by atoms with Gasteiger partial charge in [-0.3, -0.25) is 0 Å². The predicted octanol–water partition coefficient (Wildman–Crippen LogP) is 5.23. The first-order chi connectivity index (χ1) is 9.49. The third kappa shape index (κ3) is 3.92. The fourth-order valence-electron chi connectivity index (χ4n) is 2.09. The second-order valence-corrected chi connectivity index (χ2v) is 6.66. The zero-order valence-electron chi connectivity index (χ0n) is 10.7. The van der Waals surface area contributed by atoms with E-state index in [-0.39, 0.29) is 6.04 Å². The molecule has 1 unspecified atom stereocenters. The van der Waals surface area contributed by atoms with E-state index in [0.717, 1.165) is 11.6 Å². The molecule has 1 N–H and O–H groups in total. The summed E-state index contributed by atoms with van der Waals surface area (Å²) in [7, 11) is 0. The van der Waals surface area contributed by atoms with E-state index in [1.165, 1.54) is 23.5 Å². The van der Waals surface area contributed by atoms with E-state index in [9.17, 15) is 8.78 Å². The van der Waals surface area contributed by atoms with E-state index in [0.29, 0.717) is 27.2 Å². The monoisotopic (exact) mass is 335 g/mol. The van der Waals surface area contributed by atoms with E-state index >= 15 is 0 Å². The number of rotatable bonds is 5. The molecule has 0 bridgehead atoms. The second-order valence-electron chi connectivity index (χ2n) is 4.37. The molecule has 0 saturated heterocycles. The molecule has 0 amide bonds. The lowest BCUT2D eigenvalue weighted by atomic mass is 10.0. The number of likely N-dealkylation sites (N-methyl/N-ethyl adjacent to an activating group) is 1. The summed E-state index contributed by atoms with van der Waals surface area (Å²) in [4.78, 5) is 0. The standard InChI is InChI=1S/C14H13Cl2F2NS/c1-2-19-12(11-7-13(15)20-14(11)16)5-8-3-9(17)6-10(18)4-8/h3-4,6-7,12,19H,2,5H2,1H3. The highest BCUT2D eigenvalue weighted by molar-refractivity contribution is 7.20. The van der Waals surface area contributed by atoms with Crippen LogP contribution in [0, 0.1) is 11.6 Å². The average molecular weight is 336 g/mol. The van der Waals surface area contributed by atoms with Gasteiger partial charge in [0.25, 0.3) is 0 Å². The van der Waals surface area contributed by atoms with Crippen molar-refractivity contribution in [2.24, 2.45) is 0 Å². The van der Waals surface area contributed by atoms with Crippen molar-refractivity contribution in [1.82, 2.24) is 5.32 Å². The molecule has 2 rings (SSSR count). The first-order valence-electron chi connectivity index (χ1n) is 6.12. The quantitative estimate of drug-likeness (QED) is 0.789. The molecule has 1 nitrogen and oxygen atoms in total. The highest BCUT2D eigenvalue weighted by Gasteiger charge is 2.18. The lowest BCUT2D eigenvalue weighted by molar-refractivity contribution is 0.540. The summed E-state index contributed by atoms with van der Waals surface area (Å²) in [6, 6.07) is 5.18. The van der Waals surface area contributed by atoms with Gasteiger partial charge in [0.2, 0.25) is 0 Å². The second kappa shape index (κ2) is 6.85. The van der Waals surface area contributed by atoms with Crippen LogP contribution >= 0.6 is 34.5 Å². The smallest absolute Gasteiger partial charge is 0.126 e. The van der Waals surface area contributed by atoms with Gasteiger partial charge in [-0.25, -0.2) is 8.78 Å². The summed E-state index contributed by atoms with van der Waals surface area (Å²) in [6.45, 7) is 2.67. The van der Waals surface area contributed by atoms with E-state index in [4.69, 9.17) is 23.2 Å². The van der Waals surface area contributed by atoms with Crippen molar-refractivity contribution in [3.63, 3.8) is 0 Å². The number of thiophene rings is 1. The van der Waals surface area contributed by atoms with Crippen LogP contribution in [0.5, 0.6) is 0 Å². The van der Waals surface area contributed by atoms with Crippen molar-refractivity contribution in [2.75, 3.05) is 6.54 Å². The number of hydrogen-bond donors (Lipinski definition) is 1. The number of benzene rings is 1. The maximum Gasteiger partial charge on any atom is 0.126 e. The van der Waals surface area contributed by atoms with Crippen molar-refractivity contribution in [3.8, 4) is 0 Å². The SMILES string of the molecule is CCNC(Cc1cc(F)cc(F)c1)c1cc(Cl)sc1Cl. The molecular formula is C14H13Cl2F2NS. The third-order valence-electron chi connectivity index (χ3n) is 2.87. The van der Waals surface area contributed by atoms with Crippen LogP contribution < -0.4 is 5.32 Å². The summed E-state index contributed by atoms with van der Waals surface area (Å²) in [6.07, 6.45) is 0.440. The molecule has 1 heterocycles. The molecular weight excluding hydrogens is 323 g/mol. The van der Waals surface area contributed by atoms with Crippen molar-refractivity contribution >= 4 is 34.5 Å². The molecule has 2 aromatic rings.